The number of H-pyrrole nitrogens is 1. The third-order valence-electron chi connectivity index (χ3n) is 6.24. The molecule has 7 nitrogen and oxygen atoms in total. The minimum absolute atomic E-state index is 0.0449. The fourth-order valence-corrected chi connectivity index (χ4v) is 4.78. The van der Waals surface area contributed by atoms with Gasteiger partial charge in [0.15, 0.2) is 0 Å². The first-order valence-electron chi connectivity index (χ1n) is 10.5. The van der Waals surface area contributed by atoms with Crippen molar-refractivity contribution in [2.75, 3.05) is 26.2 Å². The maximum atomic E-state index is 13.0. The fraction of sp³-hybridized carbons (Fsp3) is 0.667. The van der Waals surface area contributed by atoms with Gasteiger partial charge in [-0.1, -0.05) is 13.8 Å². The van der Waals surface area contributed by atoms with Crippen molar-refractivity contribution in [3.63, 3.8) is 0 Å². The highest BCUT2D eigenvalue weighted by Gasteiger charge is 2.47. The normalized spacial score (nSPS) is 19.6. The monoisotopic (exact) mass is 384 g/mol. The second kappa shape index (κ2) is 7.35. The molecule has 0 radical (unpaired) electrons. The van der Waals surface area contributed by atoms with Crippen LogP contribution in [0.25, 0.3) is 0 Å². The molecule has 0 aromatic carbocycles. The highest BCUT2D eigenvalue weighted by Crippen LogP contribution is 2.42. The van der Waals surface area contributed by atoms with E-state index in [4.69, 9.17) is 4.98 Å². The number of carbonyl (C=O) groups excluding carboxylic acids is 1. The second-order valence-electron chi connectivity index (χ2n) is 8.95. The highest BCUT2D eigenvalue weighted by atomic mass is 16.2. The standard InChI is InChI=1S/C21H32N6O/c1-15(2)12-26-8-5-18-19(23-14-22-18)21(26)6-9-25(10-7-21)20(28)17-11-24-27(13-17)16(3)4/h11,13-16H,5-10,12H2,1-4H3,(H,22,23). The zero-order valence-electron chi connectivity index (χ0n) is 17.5. The van der Waals surface area contributed by atoms with Gasteiger partial charge in [0.25, 0.3) is 5.91 Å². The molecule has 28 heavy (non-hydrogen) atoms. The third-order valence-corrected chi connectivity index (χ3v) is 6.24. The van der Waals surface area contributed by atoms with Gasteiger partial charge in [0.1, 0.15) is 0 Å². The number of hydrogen-bond acceptors (Lipinski definition) is 4. The number of rotatable bonds is 4. The number of nitrogens with zero attached hydrogens (tertiary/aromatic N) is 5. The summed E-state index contributed by atoms with van der Waals surface area (Å²) >= 11 is 0. The van der Waals surface area contributed by atoms with E-state index in [2.05, 4.69) is 42.7 Å². The van der Waals surface area contributed by atoms with E-state index in [1.807, 2.05) is 22.1 Å². The lowest BCUT2D eigenvalue weighted by atomic mass is 9.78. The van der Waals surface area contributed by atoms with E-state index < -0.39 is 0 Å². The summed E-state index contributed by atoms with van der Waals surface area (Å²) in [6.45, 7) is 12.3. The molecule has 0 unspecified atom stereocenters. The Morgan fingerprint density at radius 2 is 1.96 bits per heavy atom. The summed E-state index contributed by atoms with van der Waals surface area (Å²) in [5.41, 5.74) is 3.13. The average Bonchev–Trinajstić information content (AvgIpc) is 3.34. The van der Waals surface area contributed by atoms with Gasteiger partial charge in [-0.05, 0) is 32.6 Å². The van der Waals surface area contributed by atoms with Crippen molar-refractivity contribution in [2.45, 2.75) is 58.5 Å². The molecule has 0 atom stereocenters. The molecule has 0 bridgehead atoms. The molecule has 1 amide bonds. The lowest BCUT2D eigenvalue weighted by molar-refractivity contribution is 0.000617. The van der Waals surface area contributed by atoms with E-state index in [0.29, 0.717) is 11.5 Å². The summed E-state index contributed by atoms with van der Waals surface area (Å²) in [7, 11) is 0. The molecule has 2 aliphatic heterocycles. The van der Waals surface area contributed by atoms with Gasteiger partial charge in [0.2, 0.25) is 0 Å². The minimum atomic E-state index is -0.0449. The third kappa shape index (κ3) is 3.26. The van der Waals surface area contributed by atoms with Crippen LogP contribution in [0, 0.1) is 5.92 Å². The van der Waals surface area contributed by atoms with Crippen LogP contribution in [0.5, 0.6) is 0 Å². The molecule has 2 aromatic rings. The van der Waals surface area contributed by atoms with E-state index in [1.165, 1.54) is 11.4 Å². The molecule has 2 aliphatic rings. The van der Waals surface area contributed by atoms with Crippen molar-refractivity contribution in [1.82, 2.24) is 29.5 Å². The molecular weight excluding hydrogens is 352 g/mol. The number of hydrogen-bond donors (Lipinski definition) is 1. The van der Waals surface area contributed by atoms with Crippen LogP contribution in [0.4, 0.5) is 0 Å². The van der Waals surface area contributed by atoms with Gasteiger partial charge in [-0.2, -0.15) is 5.10 Å². The quantitative estimate of drug-likeness (QED) is 0.880. The lowest BCUT2D eigenvalue weighted by Gasteiger charge is -2.51. The van der Waals surface area contributed by atoms with Gasteiger partial charge in [-0.3, -0.25) is 14.4 Å². The van der Waals surface area contributed by atoms with E-state index in [-0.39, 0.29) is 17.5 Å². The Hall–Kier alpha value is -2.15. The van der Waals surface area contributed by atoms with Crippen molar-refractivity contribution < 1.29 is 4.79 Å². The molecule has 2 aromatic heterocycles. The summed E-state index contributed by atoms with van der Waals surface area (Å²) in [5, 5.41) is 4.33. The van der Waals surface area contributed by atoms with Crippen LogP contribution >= 0.6 is 0 Å². The van der Waals surface area contributed by atoms with Crippen LogP contribution in [0.15, 0.2) is 18.7 Å². The van der Waals surface area contributed by atoms with Crippen LogP contribution in [0.3, 0.4) is 0 Å². The SMILES string of the molecule is CC(C)CN1CCc2[nH]cnc2C12CCN(C(=O)c1cnn(C(C)C)c1)CC2. The van der Waals surface area contributed by atoms with Crippen molar-refractivity contribution in [1.29, 1.82) is 0 Å². The maximum absolute atomic E-state index is 13.0. The second-order valence-corrected chi connectivity index (χ2v) is 8.95. The lowest BCUT2D eigenvalue weighted by Crippen LogP contribution is -2.57. The van der Waals surface area contributed by atoms with Gasteiger partial charge in [-0.15, -0.1) is 0 Å². The number of nitrogens with one attached hydrogen (secondary N) is 1. The summed E-state index contributed by atoms with van der Waals surface area (Å²) < 4.78 is 1.85. The molecule has 0 aliphatic carbocycles. The van der Waals surface area contributed by atoms with E-state index in [1.54, 1.807) is 6.20 Å². The molecular formula is C21H32N6O. The number of piperidine rings is 1. The zero-order valence-corrected chi connectivity index (χ0v) is 17.5. The molecule has 152 valence electrons. The van der Waals surface area contributed by atoms with Gasteiger partial charge >= 0.3 is 0 Å². The van der Waals surface area contributed by atoms with Gasteiger partial charge in [-0.25, -0.2) is 4.98 Å². The molecule has 1 spiro atoms. The van der Waals surface area contributed by atoms with Gasteiger partial charge in [0, 0.05) is 50.5 Å². The van der Waals surface area contributed by atoms with Crippen molar-refractivity contribution in [2.24, 2.45) is 5.92 Å². The van der Waals surface area contributed by atoms with Gasteiger partial charge in [0.05, 0.1) is 29.3 Å². The fourth-order valence-electron chi connectivity index (χ4n) is 4.78. The summed E-state index contributed by atoms with van der Waals surface area (Å²) in [6, 6.07) is 0.260. The summed E-state index contributed by atoms with van der Waals surface area (Å²) in [6.07, 6.45) is 8.30. The largest absolute Gasteiger partial charge is 0.348 e. The number of amides is 1. The number of carbonyl (C=O) groups is 1. The maximum Gasteiger partial charge on any atom is 0.257 e. The predicted octanol–water partition coefficient (Wildman–Crippen LogP) is 2.83. The molecule has 7 heteroatoms. The topological polar surface area (TPSA) is 70.1 Å². The smallest absolute Gasteiger partial charge is 0.257 e. The summed E-state index contributed by atoms with van der Waals surface area (Å²) in [4.78, 5) is 25.7. The van der Waals surface area contributed by atoms with E-state index in [0.717, 1.165) is 45.4 Å². The van der Waals surface area contributed by atoms with Crippen molar-refractivity contribution >= 4 is 5.91 Å². The molecule has 4 rings (SSSR count). The zero-order chi connectivity index (χ0) is 19.9. The van der Waals surface area contributed by atoms with Crippen LogP contribution in [-0.2, 0) is 12.0 Å². The van der Waals surface area contributed by atoms with Crippen LogP contribution in [-0.4, -0.2) is 61.6 Å². The molecule has 1 fully saturated rings. The Morgan fingerprint density at radius 1 is 1.21 bits per heavy atom. The Balaban J connectivity index is 1.53. The first-order chi connectivity index (χ1) is 13.4. The highest BCUT2D eigenvalue weighted by molar-refractivity contribution is 5.93. The molecule has 1 saturated heterocycles. The van der Waals surface area contributed by atoms with E-state index >= 15 is 0 Å². The first-order valence-corrected chi connectivity index (χ1v) is 10.5. The minimum Gasteiger partial charge on any atom is -0.348 e. The number of likely N-dealkylation sites (tertiary alicyclic amines) is 1. The Morgan fingerprint density at radius 3 is 2.61 bits per heavy atom. The number of aromatic amines is 1. The van der Waals surface area contributed by atoms with Crippen molar-refractivity contribution in [3.8, 4) is 0 Å². The Bertz CT molecular complexity index is 828. The molecule has 1 N–H and O–H groups in total. The van der Waals surface area contributed by atoms with Crippen molar-refractivity contribution in [3.05, 3.63) is 35.7 Å². The van der Waals surface area contributed by atoms with E-state index in [9.17, 15) is 4.79 Å². The first kappa shape index (κ1) is 19.2. The average molecular weight is 385 g/mol. The molecule has 4 heterocycles. The number of imidazole rings is 1. The van der Waals surface area contributed by atoms with Crippen LogP contribution < -0.4 is 0 Å². The summed E-state index contributed by atoms with van der Waals surface area (Å²) in [5.74, 6) is 0.703. The van der Waals surface area contributed by atoms with Crippen LogP contribution in [0.2, 0.25) is 0 Å². The predicted molar refractivity (Wildman–Crippen MR) is 108 cm³/mol. The Labute approximate surface area is 167 Å². The van der Waals surface area contributed by atoms with Gasteiger partial charge < -0.3 is 9.88 Å². The van der Waals surface area contributed by atoms with Crippen LogP contribution in [0.1, 0.15) is 68.3 Å². The Kier molecular flexibility index (Phi) is 5.04. The number of fused-ring (bicyclic) bond motifs is 2. The molecule has 0 saturated carbocycles. The number of aromatic nitrogens is 4.